The van der Waals surface area contributed by atoms with Crippen LogP contribution in [0.2, 0.25) is 0 Å². The van der Waals surface area contributed by atoms with E-state index in [0.717, 1.165) is 25.2 Å². The Balaban J connectivity index is 2.62. The summed E-state index contributed by atoms with van der Waals surface area (Å²) in [7, 11) is 0. The summed E-state index contributed by atoms with van der Waals surface area (Å²) in [5.41, 5.74) is 5.58. The molecule has 1 heterocycles. The lowest BCUT2D eigenvalue weighted by molar-refractivity contribution is 0.574. The molecule has 0 bridgehead atoms. The van der Waals surface area contributed by atoms with E-state index in [1.54, 1.807) is 12.4 Å². The predicted octanol–water partition coefficient (Wildman–Crippen LogP) is 2.39. The van der Waals surface area contributed by atoms with Crippen LogP contribution < -0.4 is 11.1 Å². The van der Waals surface area contributed by atoms with Crippen LogP contribution in [-0.2, 0) is 0 Å². The van der Waals surface area contributed by atoms with Crippen molar-refractivity contribution >= 4 is 23.4 Å². The summed E-state index contributed by atoms with van der Waals surface area (Å²) in [4.78, 5) is 8.18. The lowest BCUT2D eigenvalue weighted by Gasteiger charge is -2.29. The molecule has 4 nitrogen and oxygen atoms in total. The van der Waals surface area contributed by atoms with Crippen LogP contribution in [-0.4, -0.2) is 27.5 Å². The Hall–Kier alpha value is -0.970. The number of hydrogen-bond acceptors (Lipinski definition) is 5. The van der Waals surface area contributed by atoms with Gasteiger partial charge in [0, 0.05) is 11.3 Å². The van der Waals surface area contributed by atoms with Gasteiger partial charge in [-0.05, 0) is 19.1 Å². The Labute approximate surface area is 101 Å². The molecule has 1 rings (SSSR count). The van der Waals surface area contributed by atoms with E-state index in [4.69, 9.17) is 5.73 Å². The van der Waals surface area contributed by atoms with Crippen molar-refractivity contribution in [1.29, 1.82) is 0 Å². The van der Waals surface area contributed by atoms with Gasteiger partial charge in [-0.25, -0.2) is 4.98 Å². The van der Waals surface area contributed by atoms with Crippen molar-refractivity contribution in [3.05, 3.63) is 12.4 Å². The first-order valence-corrected chi connectivity index (χ1v) is 6.75. The summed E-state index contributed by atoms with van der Waals surface area (Å²) in [5, 5.41) is 3.30. The highest BCUT2D eigenvalue weighted by molar-refractivity contribution is 8.00. The molecular formula is C11H20N4S. The van der Waals surface area contributed by atoms with Crippen molar-refractivity contribution in [3.63, 3.8) is 0 Å². The largest absolute Gasteiger partial charge is 0.382 e. The number of nitrogen functional groups attached to an aromatic ring is 1. The molecule has 0 aliphatic rings. The average Bonchev–Trinajstić information content (AvgIpc) is 2.32. The highest BCUT2D eigenvalue weighted by Crippen LogP contribution is 2.30. The van der Waals surface area contributed by atoms with Gasteiger partial charge in [-0.1, -0.05) is 13.8 Å². The van der Waals surface area contributed by atoms with Crippen LogP contribution >= 0.6 is 11.8 Å². The van der Waals surface area contributed by atoms with Gasteiger partial charge >= 0.3 is 0 Å². The molecule has 16 heavy (non-hydrogen) atoms. The zero-order chi connectivity index (χ0) is 12.0. The van der Waals surface area contributed by atoms with Gasteiger partial charge in [-0.3, -0.25) is 4.98 Å². The first-order valence-electron chi connectivity index (χ1n) is 5.52. The van der Waals surface area contributed by atoms with Crippen molar-refractivity contribution in [2.75, 3.05) is 23.9 Å². The van der Waals surface area contributed by atoms with Gasteiger partial charge < -0.3 is 11.1 Å². The number of nitrogens with one attached hydrogen (secondary N) is 1. The lowest BCUT2D eigenvalue weighted by Crippen LogP contribution is -2.32. The Kier molecular flexibility index (Phi) is 4.86. The van der Waals surface area contributed by atoms with E-state index < -0.39 is 0 Å². The van der Waals surface area contributed by atoms with Crippen molar-refractivity contribution < 1.29 is 0 Å². The number of hydrogen-bond donors (Lipinski definition) is 2. The van der Waals surface area contributed by atoms with Crippen LogP contribution in [0.3, 0.4) is 0 Å². The first-order chi connectivity index (χ1) is 7.65. The van der Waals surface area contributed by atoms with E-state index in [0.29, 0.717) is 5.82 Å². The van der Waals surface area contributed by atoms with E-state index in [-0.39, 0.29) is 4.75 Å². The van der Waals surface area contributed by atoms with Gasteiger partial charge in [-0.15, -0.1) is 0 Å². The Bertz CT molecular complexity index is 317. The van der Waals surface area contributed by atoms with Gasteiger partial charge in [0.25, 0.3) is 0 Å². The van der Waals surface area contributed by atoms with Gasteiger partial charge in [-0.2, -0.15) is 11.8 Å². The second-order valence-corrected chi connectivity index (χ2v) is 5.05. The third kappa shape index (κ3) is 3.27. The van der Waals surface area contributed by atoms with Crippen LogP contribution in [0.4, 0.5) is 11.6 Å². The second kappa shape index (κ2) is 5.94. The minimum absolute atomic E-state index is 0.270. The van der Waals surface area contributed by atoms with Crippen LogP contribution in [0.25, 0.3) is 0 Å². The zero-order valence-electron chi connectivity index (χ0n) is 10.2. The fourth-order valence-electron chi connectivity index (χ4n) is 1.58. The summed E-state index contributed by atoms with van der Waals surface area (Å²) >= 11 is 1.90. The molecular weight excluding hydrogens is 220 g/mol. The molecule has 0 spiro atoms. The van der Waals surface area contributed by atoms with E-state index in [1.165, 1.54) is 0 Å². The molecule has 0 atom stereocenters. The maximum atomic E-state index is 5.58. The summed E-state index contributed by atoms with van der Waals surface area (Å²) in [6, 6.07) is 0. The molecule has 0 saturated carbocycles. The molecule has 0 aromatic carbocycles. The maximum Gasteiger partial charge on any atom is 0.147 e. The van der Waals surface area contributed by atoms with E-state index >= 15 is 0 Å². The summed E-state index contributed by atoms with van der Waals surface area (Å²) in [6.45, 7) is 5.32. The van der Waals surface area contributed by atoms with Crippen LogP contribution in [0.15, 0.2) is 12.4 Å². The molecule has 0 fully saturated rings. The highest BCUT2D eigenvalue weighted by Gasteiger charge is 2.24. The number of anilines is 2. The van der Waals surface area contributed by atoms with Crippen molar-refractivity contribution in [1.82, 2.24) is 9.97 Å². The third-order valence-corrected chi connectivity index (χ3v) is 4.55. The maximum absolute atomic E-state index is 5.58. The molecule has 3 N–H and O–H groups in total. The number of nitrogens with zero attached hydrogens (tertiary/aromatic N) is 2. The molecule has 5 heteroatoms. The molecule has 0 radical (unpaired) electrons. The van der Waals surface area contributed by atoms with Crippen molar-refractivity contribution in [2.45, 2.75) is 31.4 Å². The average molecular weight is 240 g/mol. The summed E-state index contributed by atoms with van der Waals surface area (Å²) < 4.78 is 0.270. The number of rotatable bonds is 6. The van der Waals surface area contributed by atoms with Crippen LogP contribution in [0, 0.1) is 0 Å². The number of nitrogens with two attached hydrogens (primary N) is 1. The summed E-state index contributed by atoms with van der Waals surface area (Å²) in [5.74, 6) is 1.20. The summed E-state index contributed by atoms with van der Waals surface area (Å²) in [6.07, 6.45) is 7.67. The van der Waals surface area contributed by atoms with E-state index in [1.807, 2.05) is 11.8 Å². The molecule has 0 saturated heterocycles. The fraction of sp³-hybridized carbons (Fsp3) is 0.636. The Morgan fingerprint density at radius 2 is 2.06 bits per heavy atom. The smallest absolute Gasteiger partial charge is 0.147 e. The van der Waals surface area contributed by atoms with Crippen LogP contribution in [0.5, 0.6) is 0 Å². The molecule has 1 aromatic heterocycles. The standard InChI is InChI=1S/C11H20N4S/c1-4-11(5-2,16-3)8-14-10-7-13-6-9(12)15-10/h6-7H,4-5,8H2,1-3H3,(H3,12,14,15). The molecule has 90 valence electrons. The monoisotopic (exact) mass is 240 g/mol. The van der Waals surface area contributed by atoms with Crippen molar-refractivity contribution in [3.8, 4) is 0 Å². The van der Waals surface area contributed by atoms with E-state index in [2.05, 4.69) is 35.4 Å². The SMILES string of the molecule is CCC(CC)(CNc1cncc(N)n1)SC. The van der Waals surface area contributed by atoms with Gasteiger partial charge in [0.15, 0.2) is 0 Å². The fourth-order valence-corrected chi connectivity index (χ4v) is 2.37. The minimum Gasteiger partial charge on any atom is -0.382 e. The number of aromatic nitrogens is 2. The molecule has 0 amide bonds. The quantitative estimate of drug-likeness (QED) is 0.799. The Morgan fingerprint density at radius 1 is 1.38 bits per heavy atom. The lowest BCUT2D eigenvalue weighted by atomic mass is 10.0. The van der Waals surface area contributed by atoms with Gasteiger partial charge in [0.1, 0.15) is 11.6 Å². The molecule has 0 aliphatic carbocycles. The van der Waals surface area contributed by atoms with E-state index in [9.17, 15) is 0 Å². The molecule has 0 unspecified atom stereocenters. The molecule has 0 aliphatic heterocycles. The van der Waals surface area contributed by atoms with Gasteiger partial charge in [0.2, 0.25) is 0 Å². The minimum atomic E-state index is 0.270. The molecule has 1 aromatic rings. The Morgan fingerprint density at radius 3 is 2.56 bits per heavy atom. The highest BCUT2D eigenvalue weighted by atomic mass is 32.2. The third-order valence-electron chi connectivity index (χ3n) is 2.97. The van der Waals surface area contributed by atoms with Gasteiger partial charge in [0.05, 0.1) is 12.4 Å². The second-order valence-electron chi connectivity index (χ2n) is 3.78. The zero-order valence-corrected chi connectivity index (χ0v) is 11.0. The van der Waals surface area contributed by atoms with Crippen LogP contribution in [0.1, 0.15) is 26.7 Å². The first kappa shape index (κ1) is 13.1. The predicted molar refractivity (Wildman–Crippen MR) is 71.8 cm³/mol. The van der Waals surface area contributed by atoms with Crippen molar-refractivity contribution in [2.24, 2.45) is 0 Å². The normalized spacial score (nSPS) is 11.4. The number of thioether (sulfide) groups is 1. The topological polar surface area (TPSA) is 63.8 Å².